The predicted molar refractivity (Wildman–Crippen MR) is 72.7 cm³/mol. The third-order valence-corrected chi connectivity index (χ3v) is 2.20. The Labute approximate surface area is 113 Å². The number of nitrogens with one attached hydrogen (secondary N) is 1. The molecular weight excluding hydrogens is 246 g/mol. The van der Waals surface area contributed by atoms with E-state index in [9.17, 15) is 4.79 Å². The Morgan fingerprint density at radius 3 is 2.74 bits per heavy atom. The molecule has 0 atom stereocenters. The van der Waals surface area contributed by atoms with Crippen LogP contribution in [-0.2, 0) is 16.2 Å². The lowest BCUT2D eigenvalue weighted by Gasteiger charge is -2.24. The molecule has 19 heavy (non-hydrogen) atoms. The number of hydroxylamine groups is 1. The lowest BCUT2D eigenvalue weighted by molar-refractivity contribution is 0.0444. The minimum atomic E-state index is -0.530. The summed E-state index contributed by atoms with van der Waals surface area (Å²) in [6.45, 7) is 5.87. The number of carbonyl (C=O) groups is 1. The van der Waals surface area contributed by atoms with E-state index in [1.165, 1.54) is 4.90 Å². The number of hydrogen-bond donors (Lipinski definition) is 1. The summed E-state index contributed by atoms with van der Waals surface area (Å²) in [5.74, 6) is 0.520. The van der Waals surface area contributed by atoms with Crippen LogP contribution in [0.15, 0.2) is 18.3 Å². The summed E-state index contributed by atoms with van der Waals surface area (Å²) >= 11 is 0. The van der Waals surface area contributed by atoms with Crippen molar-refractivity contribution in [3.63, 3.8) is 0 Å². The zero-order chi connectivity index (χ0) is 14.5. The van der Waals surface area contributed by atoms with Gasteiger partial charge in [0, 0.05) is 20.3 Å². The van der Waals surface area contributed by atoms with Crippen molar-refractivity contribution >= 4 is 11.9 Å². The van der Waals surface area contributed by atoms with Crippen molar-refractivity contribution in [3.8, 4) is 0 Å². The number of ether oxygens (including phenoxy) is 1. The molecule has 0 aliphatic heterocycles. The lowest BCUT2D eigenvalue weighted by atomic mass is 10.2. The maximum Gasteiger partial charge on any atom is 0.415 e. The Bertz CT molecular complexity index is 429. The second kappa shape index (κ2) is 6.49. The van der Waals surface area contributed by atoms with E-state index in [0.29, 0.717) is 12.4 Å². The monoisotopic (exact) mass is 267 g/mol. The average molecular weight is 267 g/mol. The van der Waals surface area contributed by atoms with Crippen LogP contribution in [0.2, 0.25) is 0 Å². The molecule has 0 aliphatic rings. The Hall–Kier alpha value is -1.66. The van der Waals surface area contributed by atoms with Gasteiger partial charge in [0.15, 0.2) is 0 Å². The van der Waals surface area contributed by atoms with E-state index in [1.807, 2.05) is 26.8 Å². The van der Waals surface area contributed by atoms with E-state index in [2.05, 4.69) is 10.5 Å². The van der Waals surface area contributed by atoms with Gasteiger partial charge < -0.3 is 4.74 Å². The van der Waals surface area contributed by atoms with E-state index in [1.54, 1.807) is 26.4 Å². The molecule has 6 nitrogen and oxygen atoms in total. The normalized spacial score (nSPS) is 11.2. The highest BCUT2D eigenvalue weighted by molar-refractivity contribution is 5.86. The summed E-state index contributed by atoms with van der Waals surface area (Å²) < 4.78 is 5.28. The maximum absolute atomic E-state index is 11.9. The number of anilines is 1. The number of nitrogens with zero attached hydrogens (tertiary/aromatic N) is 2. The molecule has 0 unspecified atom stereocenters. The highest BCUT2D eigenvalue weighted by Gasteiger charge is 2.21. The second-order valence-electron chi connectivity index (χ2n) is 5.05. The summed E-state index contributed by atoms with van der Waals surface area (Å²) in [5, 5.41) is 0. The minimum Gasteiger partial charge on any atom is -0.443 e. The fourth-order valence-corrected chi connectivity index (χ4v) is 1.31. The average Bonchev–Trinajstić information content (AvgIpc) is 2.33. The van der Waals surface area contributed by atoms with E-state index in [0.717, 1.165) is 5.56 Å². The quantitative estimate of drug-likeness (QED) is 0.846. The Morgan fingerprint density at radius 1 is 1.47 bits per heavy atom. The molecule has 1 N–H and O–H groups in total. The molecule has 1 heterocycles. The fourth-order valence-electron chi connectivity index (χ4n) is 1.31. The number of pyridine rings is 1. The highest BCUT2D eigenvalue weighted by atomic mass is 16.6. The summed E-state index contributed by atoms with van der Waals surface area (Å²) in [6, 6.07) is 3.60. The molecule has 106 valence electrons. The number of amides is 1. The van der Waals surface area contributed by atoms with Crippen molar-refractivity contribution < 1.29 is 14.4 Å². The molecule has 0 saturated carbocycles. The second-order valence-corrected chi connectivity index (χ2v) is 5.05. The number of hydrogen-bond acceptors (Lipinski definition) is 5. The van der Waals surface area contributed by atoms with Gasteiger partial charge in [-0.15, -0.1) is 0 Å². The van der Waals surface area contributed by atoms with Crippen LogP contribution in [0.1, 0.15) is 26.3 Å². The van der Waals surface area contributed by atoms with Gasteiger partial charge in [0.25, 0.3) is 0 Å². The van der Waals surface area contributed by atoms with Gasteiger partial charge in [-0.2, -0.15) is 0 Å². The predicted octanol–water partition coefficient (Wildman–Crippen LogP) is 2.10. The molecule has 6 heteroatoms. The SMILES string of the molecule is CNOCc1ccnc(N(C)C(=O)OC(C)(C)C)c1. The molecule has 0 spiro atoms. The molecule has 0 radical (unpaired) electrons. The zero-order valence-corrected chi connectivity index (χ0v) is 12.1. The summed E-state index contributed by atoms with van der Waals surface area (Å²) in [5.41, 5.74) is 2.98. The summed E-state index contributed by atoms with van der Waals surface area (Å²) in [4.78, 5) is 22.5. The molecule has 1 rings (SSSR count). The van der Waals surface area contributed by atoms with Crippen LogP contribution in [0.3, 0.4) is 0 Å². The van der Waals surface area contributed by atoms with E-state index >= 15 is 0 Å². The molecule has 0 aliphatic carbocycles. The number of rotatable bonds is 4. The first-order chi connectivity index (χ1) is 8.83. The van der Waals surface area contributed by atoms with Crippen molar-refractivity contribution in [2.75, 3.05) is 19.0 Å². The molecule has 0 aromatic carbocycles. The van der Waals surface area contributed by atoms with Gasteiger partial charge in [0.05, 0.1) is 6.61 Å². The molecule has 1 aromatic rings. The molecule has 0 fully saturated rings. The number of aromatic nitrogens is 1. The Balaban J connectivity index is 2.76. The van der Waals surface area contributed by atoms with Crippen molar-refractivity contribution in [2.45, 2.75) is 33.0 Å². The molecular formula is C13H21N3O3. The lowest BCUT2D eigenvalue weighted by Crippen LogP contribution is -2.34. The van der Waals surface area contributed by atoms with Crippen LogP contribution in [0.4, 0.5) is 10.6 Å². The molecule has 0 saturated heterocycles. The highest BCUT2D eigenvalue weighted by Crippen LogP contribution is 2.16. The maximum atomic E-state index is 11.9. The standard InChI is InChI=1S/C13H21N3O3/c1-13(2,3)19-12(17)16(5)11-8-10(6-7-15-11)9-18-14-4/h6-8,14H,9H2,1-5H3. The first-order valence-electron chi connectivity index (χ1n) is 6.03. The van der Waals surface area contributed by atoms with Crippen LogP contribution < -0.4 is 10.4 Å². The van der Waals surface area contributed by atoms with Crippen LogP contribution in [0.5, 0.6) is 0 Å². The topological polar surface area (TPSA) is 63.7 Å². The summed E-state index contributed by atoms with van der Waals surface area (Å²) in [6.07, 6.45) is 1.19. The van der Waals surface area contributed by atoms with Crippen molar-refractivity contribution in [3.05, 3.63) is 23.9 Å². The van der Waals surface area contributed by atoms with E-state index in [4.69, 9.17) is 9.57 Å². The van der Waals surface area contributed by atoms with Gasteiger partial charge in [-0.3, -0.25) is 9.74 Å². The van der Waals surface area contributed by atoms with Gasteiger partial charge in [-0.05, 0) is 38.5 Å². The van der Waals surface area contributed by atoms with E-state index < -0.39 is 11.7 Å². The number of carbonyl (C=O) groups excluding carboxylic acids is 1. The van der Waals surface area contributed by atoms with Gasteiger partial charge in [-0.1, -0.05) is 0 Å². The van der Waals surface area contributed by atoms with Crippen LogP contribution in [-0.4, -0.2) is 30.8 Å². The van der Waals surface area contributed by atoms with Gasteiger partial charge in [0.1, 0.15) is 11.4 Å². The first-order valence-corrected chi connectivity index (χ1v) is 6.03. The largest absolute Gasteiger partial charge is 0.443 e. The zero-order valence-electron chi connectivity index (χ0n) is 12.1. The molecule has 1 amide bonds. The third-order valence-electron chi connectivity index (χ3n) is 2.20. The van der Waals surface area contributed by atoms with Crippen LogP contribution in [0, 0.1) is 0 Å². The van der Waals surface area contributed by atoms with E-state index in [-0.39, 0.29) is 0 Å². The van der Waals surface area contributed by atoms with Crippen molar-refractivity contribution in [1.29, 1.82) is 0 Å². The van der Waals surface area contributed by atoms with Crippen molar-refractivity contribution in [1.82, 2.24) is 10.5 Å². The van der Waals surface area contributed by atoms with Crippen LogP contribution in [0.25, 0.3) is 0 Å². The Kier molecular flexibility index (Phi) is 5.26. The Morgan fingerprint density at radius 2 is 2.16 bits per heavy atom. The van der Waals surface area contributed by atoms with Crippen LogP contribution >= 0.6 is 0 Å². The van der Waals surface area contributed by atoms with Gasteiger partial charge in [-0.25, -0.2) is 15.3 Å². The van der Waals surface area contributed by atoms with Gasteiger partial charge in [0.2, 0.25) is 0 Å². The minimum absolute atomic E-state index is 0.397. The smallest absolute Gasteiger partial charge is 0.415 e. The van der Waals surface area contributed by atoms with Crippen molar-refractivity contribution in [2.24, 2.45) is 0 Å². The summed E-state index contributed by atoms with van der Waals surface area (Å²) in [7, 11) is 3.31. The first kappa shape index (κ1) is 15.4. The molecule has 0 bridgehead atoms. The molecule has 1 aromatic heterocycles. The fraction of sp³-hybridized carbons (Fsp3) is 0.538. The van der Waals surface area contributed by atoms with Gasteiger partial charge >= 0.3 is 6.09 Å². The third kappa shape index (κ3) is 5.23.